The zero-order chi connectivity index (χ0) is 21.5. The summed E-state index contributed by atoms with van der Waals surface area (Å²) in [7, 11) is 3.16. The maximum absolute atomic E-state index is 13.1. The van der Waals surface area contributed by atoms with E-state index in [2.05, 4.69) is 4.98 Å². The number of Topliss-reactive ketones (excluding diaryl/α,β-unsaturated/α-hetero) is 1. The molecule has 0 unspecified atom stereocenters. The lowest BCUT2D eigenvalue weighted by Gasteiger charge is -2.16. The van der Waals surface area contributed by atoms with Crippen molar-refractivity contribution in [3.63, 3.8) is 0 Å². The van der Waals surface area contributed by atoms with Gasteiger partial charge in [0.1, 0.15) is 11.5 Å². The van der Waals surface area contributed by atoms with Crippen LogP contribution in [0, 0.1) is 0 Å². The minimum absolute atomic E-state index is 0.0804. The summed E-state index contributed by atoms with van der Waals surface area (Å²) >= 11 is 0. The van der Waals surface area contributed by atoms with Crippen LogP contribution in [-0.2, 0) is 0 Å². The van der Waals surface area contributed by atoms with Crippen LogP contribution in [0.3, 0.4) is 0 Å². The molecule has 0 aliphatic carbocycles. The largest absolute Gasteiger partial charge is 0.493 e. The fraction of sp³-hybridized carbons (Fsp3) is 0.200. The number of ether oxygens (including phenoxy) is 3. The van der Waals surface area contributed by atoms with E-state index in [0.717, 1.165) is 5.39 Å². The van der Waals surface area contributed by atoms with Crippen molar-refractivity contribution in [1.82, 2.24) is 4.98 Å². The number of allylic oxidation sites excluding steroid dienone is 3. The van der Waals surface area contributed by atoms with E-state index in [9.17, 15) is 4.79 Å². The highest BCUT2D eigenvalue weighted by Crippen LogP contribution is 2.36. The monoisotopic (exact) mass is 403 g/mol. The van der Waals surface area contributed by atoms with Crippen LogP contribution in [-0.4, -0.2) is 25.0 Å². The van der Waals surface area contributed by atoms with E-state index in [1.54, 1.807) is 50.8 Å². The summed E-state index contributed by atoms with van der Waals surface area (Å²) < 4.78 is 17.0. The highest BCUT2D eigenvalue weighted by atomic mass is 16.5. The Morgan fingerprint density at radius 3 is 2.33 bits per heavy atom. The molecule has 154 valence electrons. The smallest absolute Gasteiger partial charge is 0.196 e. The van der Waals surface area contributed by atoms with Crippen molar-refractivity contribution in [3.05, 3.63) is 83.8 Å². The molecule has 0 saturated carbocycles. The second-order valence-corrected chi connectivity index (χ2v) is 6.51. The summed E-state index contributed by atoms with van der Waals surface area (Å²) in [5.41, 5.74) is 1.85. The Bertz CT molecular complexity index is 1100. The van der Waals surface area contributed by atoms with Crippen LogP contribution in [0.15, 0.2) is 78.2 Å². The molecule has 1 heterocycles. The van der Waals surface area contributed by atoms with Crippen LogP contribution >= 0.6 is 0 Å². The molecule has 0 spiro atoms. The molecular formula is C25H25NO4. The van der Waals surface area contributed by atoms with Crippen LogP contribution < -0.4 is 14.2 Å². The standard InChI is InChI=1S/C25H25NO4/c1-5-10-18(25(27)17-11-8-7-9-12-17)21(6-2)30-22-13-14-26-20-16-24(29-4)23(28-3)15-19(20)22/h6-16H,5H2,1-4H3/b18-10+,21-6+. The normalized spacial score (nSPS) is 12.0. The summed E-state index contributed by atoms with van der Waals surface area (Å²) in [6, 6.07) is 14.6. The SMILES string of the molecule is C/C=C(Oc1ccnc2cc(OC)c(OC)cc12)\C(=C/CC)C(=O)c1ccccc1. The molecule has 0 aliphatic heterocycles. The zero-order valence-corrected chi connectivity index (χ0v) is 17.6. The average molecular weight is 403 g/mol. The van der Waals surface area contributed by atoms with Crippen molar-refractivity contribution >= 4 is 16.7 Å². The first-order valence-corrected chi connectivity index (χ1v) is 9.78. The topological polar surface area (TPSA) is 57.6 Å². The first-order valence-electron chi connectivity index (χ1n) is 9.78. The molecule has 0 aliphatic rings. The van der Waals surface area contributed by atoms with Gasteiger partial charge >= 0.3 is 0 Å². The quantitative estimate of drug-likeness (QED) is 0.207. The van der Waals surface area contributed by atoms with Crippen molar-refractivity contribution in [2.45, 2.75) is 20.3 Å². The minimum atomic E-state index is -0.0804. The van der Waals surface area contributed by atoms with E-state index in [1.807, 2.05) is 44.2 Å². The summed E-state index contributed by atoms with van der Waals surface area (Å²) in [5.74, 6) is 2.16. The molecule has 5 nitrogen and oxygen atoms in total. The predicted molar refractivity (Wildman–Crippen MR) is 118 cm³/mol. The van der Waals surface area contributed by atoms with Gasteiger partial charge in [0.2, 0.25) is 0 Å². The van der Waals surface area contributed by atoms with Gasteiger partial charge in [-0.15, -0.1) is 0 Å². The Balaban J connectivity index is 2.03. The Morgan fingerprint density at radius 1 is 1.00 bits per heavy atom. The van der Waals surface area contributed by atoms with Crippen molar-refractivity contribution < 1.29 is 19.0 Å². The molecule has 0 saturated heterocycles. The van der Waals surface area contributed by atoms with Gasteiger partial charge in [-0.2, -0.15) is 0 Å². The molecule has 0 bridgehead atoms. The van der Waals surface area contributed by atoms with Gasteiger partial charge in [-0.3, -0.25) is 9.78 Å². The molecule has 0 fully saturated rings. The van der Waals surface area contributed by atoms with Crippen molar-refractivity contribution in [2.75, 3.05) is 14.2 Å². The van der Waals surface area contributed by atoms with Crippen LogP contribution in [0.5, 0.6) is 17.2 Å². The fourth-order valence-corrected chi connectivity index (χ4v) is 3.18. The third kappa shape index (κ3) is 4.35. The van der Waals surface area contributed by atoms with E-state index in [4.69, 9.17) is 14.2 Å². The lowest BCUT2D eigenvalue weighted by Crippen LogP contribution is -2.10. The van der Waals surface area contributed by atoms with Gasteiger partial charge in [0.05, 0.1) is 25.3 Å². The number of aromatic nitrogens is 1. The van der Waals surface area contributed by atoms with E-state index >= 15 is 0 Å². The maximum atomic E-state index is 13.1. The molecule has 3 rings (SSSR count). The highest BCUT2D eigenvalue weighted by molar-refractivity contribution is 6.11. The third-order valence-electron chi connectivity index (χ3n) is 4.64. The van der Waals surface area contributed by atoms with Gasteiger partial charge in [0.15, 0.2) is 17.3 Å². The number of rotatable bonds is 8. The van der Waals surface area contributed by atoms with Gasteiger partial charge in [-0.1, -0.05) is 43.3 Å². The van der Waals surface area contributed by atoms with Crippen LogP contribution in [0.4, 0.5) is 0 Å². The number of ketones is 1. The Morgan fingerprint density at radius 2 is 1.70 bits per heavy atom. The van der Waals surface area contributed by atoms with E-state index in [1.165, 1.54) is 0 Å². The molecule has 2 aromatic carbocycles. The molecular weight excluding hydrogens is 378 g/mol. The van der Waals surface area contributed by atoms with Crippen LogP contribution in [0.25, 0.3) is 10.9 Å². The minimum Gasteiger partial charge on any atom is -0.493 e. The fourth-order valence-electron chi connectivity index (χ4n) is 3.18. The van der Waals surface area contributed by atoms with Gasteiger partial charge < -0.3 is 14.2 Å². The Hall–Kier alpha value is -3.60. The number of benzene rings is 2. The molecule has 1 aromatic heterocycles. The van der Waals surface area contributed by atoms with Crippen molar-refractivity contribution in [3.8, 4) is 17.2 Å². The molecule has 0 atom stereocenters. The van der Waals surface area contributed by atoms with E-state index in [0.29, 0.717) is 46.1 Å². The number of carbonyl (C=O) groups excluding carboxylic acids is 1. The molecule has 30 heavy (non-hydrogen) atoms. The van der Waals surface area contributed by atoms with Gasteiger partial charge in [0.25, 0.3) is 0 Å². The number of nitrogens with zero attached hydrogens (tertiary/aromatic N) is 1. The van der Waals surface area contributed by atoms with Crippen molar-refractivity contribution in [2.24, 2.45) is 0 Å². The Kier molecular flexibility index (Phi) is 6.86. The zero-order valence-electron chi connectivity index (χ0n) is 17.6. The maximum Gasteiger partial charge on any atom is 0.196 e. The van der Waals surface area contributed by atoms with Gasteiger partial charge in [0, 0.05) is 23.2 Å². The molecule has 5 heteroatoms. The number of methoxy groups -OCH3 is 2. The summed E-state index contributed by atoms with van der Waals surface area (Å²) in [6.07, 6.45) is 6.06. The lowest BCUT2D eigenvalue weighted by molar-refractivity contribution is 0.103. The van der Waals surface area contributed by atoms with Crippen LogP contribution in [0.1, 0.15) is 30.6 Å². The van der Waals surface area contributed by atoms with E-state index < -0.39 is 0 Å². The third-order valence-corrected chi connectivity index (χ3v) is 4.64. The second-order valence-electron chi connectivity index (χ2n) is 6.51. The predicted octanol–water partition coefficient (Wildman–Crippen LogP) is 5.75. The van der Waals surface area contributed by atoms with Crippen LogP contribution in [0.2, 0.25) is 0 Å². The molecule has 0 N–H and O–H groups in total. The van der Waals surface area contributed by atoms with Gasteiger partial charge in [-0.05, 0) is 31.6 Å². The Labute approximate surface area is 176 Å². The first kappa shape index (κ1) is 21.1. The summed E-state index contributed by atoms with van der Waals surface area (Å²) in [4.78, 5) is 17.5. The molecule has 0 radical (unpaired) electrons. The number of fused-ring (bicyclic) bond motifs is 1. The number of carbonyl (C=O) groups is 1. The number of hydrogen-bond donors (Lipinski definition) is 0. The second kappa shape index (κ2) is 9.74. The average Bonchev–Trinajstić information content (AvgIpc) is 2.80. The lowest BCUT2D eigenvalue weighted by atomic mass is 10.0. The molecule has 0 amide bonds. The first-order chi connectivity index (χ1) is 14.6. The van der Waals surface area contributed by atoms with Gasteiger partial charge in [-0.25, -0.2) is 0 Å². The molecule has 3 aromatic rings. The summed E-state index contributed by atoms with van der Waals surface area (Å²) in [6.45, 7) is 3.84. The highest BCUT2D eigenvalue weighted by Gasteiger charge is 2.19. The number of hydrogen-bond acceptors (Lipinski definition) is 5. The van der Waals surface area contributed by atoms with E-state index in [-0.39, 0.29) is 5.78 Å². The number of pyridine rings is 1. The summed E-state index contributed by atoms with van der Waals surface area (Å²) in [5, 5.41) is 0.762. The van der Waals surface area contributed by atoms with Crippen molar-refractivity contribution in [1.29, 1.82) is 0 Å².